The van der Waals surface area contributed by atoms with E-state index in [1.807, 2.05) is 32.0 Å². The van der Waals surface area contributed by atoms with Crippen molar-refractivity contribution < 1.29 is 14.2 Å². The highest BCUT2D eigenvalue weighted by Gasteiger charge is 2.11. The first-order valence-corrected chi connectivity index (χ1v) is 7.63. The van der Waals surface area contributed by atoms with Crippen molar-refractivity contribution in [3.8, 4) is 5.75 Å². The SMILES string of the molecule is COc1cccc(C(CI)OCCOC(C)C)c1. The quantitative estimate of drug-likeness (QED) is 0.401. The third-order valence-corrected chi connectivity index (χ3v) is 3.26. The average Bonchev–Trinajstić information content (AvgIpc) is 2.38. The summed E-state index contributed by atoms with van der Waals surface area (Å²) in [4.78, 5) is 0. The monoisotopic (exact) mass is 364 g/mol. The highest BCUT2D eigenvalue weighted by Crippen LogP contribution is 2.23. The van der Waals surface area contributed by atoms with Crippen LogP contribution in [0.25, 0.3) is 0 Å². The minimum absolute atomic E-state index is 0.0939. The molecule has 0 N–H and O–H groups in total. The molecule has 0 aromatic heterocycles. The lowest BCUT2D eigenvalue weighted by Crippen LogP contribution is -2.13. The molecule has 0 aliphatic rings. The minimum atomic E-state index is 0.0939. The second-order valence-electron chi connectivity index (χ2n) is 4.21. The molecule has 1 aromatic rings. The molecule has 18 heavy (non-hydrogen) atoms. The van der Waals surface area contributed by atoms with Crippen molar-refractivity contribution in [2.75, 3.05) is 24.8 Å². The first-order valence-electron chi connectivity index (χ1n) is 6.10. The number of methoxy groups -OCH3 is 1. The Morgan fingerprint density at radius 1 is 1.17 bits per heavy atom. The number of ether oxygens (including phenoxy) is 3. The van der Waals surface area contributed by atoms with Crippen LogP contribution in [0.1, 0.15) is 25.5 Å². The Hall–Kier alpha value is -0.330. The van der Waals surface area contributed by atoms with Crippen LogP contribution in [0.2, 0.25) is 0 Å². The van der Waals surface area contributed by atoms with E-state index in [9.17, 15) is 0 Å². The predicted octanol–water partition coefficient (Wildman–Crippen LogP) is 3.61. The highest BCUT2D eigenvalue weighted by molar-refractivity contribution is 14.1. The smallest absolute Gasteiger partial charge is 0.119 e. The van der Waals surface area contributed by atoms with Gasteiger partial charge in [-0.3, -0.25) is 0 Å². The van der Waals surface area contributed by atoms with Crippen LogP contribution in [-0.2, 0) is 9.47 Å². The van der Waals surface area contributed by atoms with E-state index in [1.165, 1.54) is 0 Å². The number of rotatable bonds is 8. The van der Waals surface area contributed by atoms with E-state index in [-0.39, 0.29) is 12.2 Å². The van der Waals surface area contributed by atoms with E-state index in [1.54, 1.807) is 7.11 Å². The normalized spacial score (nSPS) is 12.7. The van der Waals surface area contributed by atoms with Crippen molar-refractivity contribution in [3.63, 3.8) is 0 Å². The van der Waals surface area contributed by atoms with Gasteiger partial charge in [0.1, 0.15) is 5.75 Å². The molecule has 1 rings (SSSR count). The zero-order valence-corrected chi connectivity index (χ0v) is 13.3. The molecule has 1 aromatic carbocycles. The molecule has 4 heteroatoms. The molecule has 0 saturated heterocycles. The van der Waals surface area contributed by atoms with Gasteiger partial charge in [0.15, 0.2) is 0 Å². The maximum atomic E-state index is 5.84. The Kier molecular flexibility index (Phi) is 7.62. The van der Waals surface area contributed by atoms with Gasteiger partial charge in [0.25, 0.3) is 0 Å². The molecular formula is C14H21IO3. The first kappa shape index (κ1) is 15.7. The molecular weight excluding hydrogens is 343 g/mol. The van der Waals surface area contributed by atoms with Gasteiger partial charge in [-0.1, -0.05) is 34.7 Å². The second-order valence-corrected chi connectivity index (χ2v) is 5.09. The summed E-state index contributed by atoms with van der Waals surface area (Å²) in [7, 11) is 1.68. The zero-order chi connectivity index (χ0) is 13.4. The van der Waals surface area contributed by atoms with Crippen LogP contribution >= 0.6 is 22.6 Å². The van der Waals surface area contributed by atoms with Crippen LogP contribution in [0.15, 0.2) is 24.3 Å². The lowest BCUT2D eigenvalue weighted by Gasteiger charge is -2.17. The lowest BCUT2D eigenvalue weighted by molar-refractivity contribution is -0.00507. The van der Waals surface area contributed by atoms with E-state index < -0.39 is 0 Å². The first-order chi connectivity index (χ1) is 8.67. The highest BCUT2D eigenvalue weighted by atomic mass is 127. The Balaban J connectivity index is 2.49. The van der Waals surface area contributed by atoms with Gasteiger partial charge in [0.2, 0.25) is 0 Å². The van der Waals surface area contributed by atoms with Gasteiger partial charge >= 0.3 is 0 Å². The zero-order valence-electron chi connectivity index (χ0n) is 11.2. The van der Waals surface area contributed by atoms with Crippen molar-refractivity contribution in [1.82, 2.24) is 0 Å². The van der Waals surface area contributed by atoms with Crippen LogP contribution < -0.4 is 4.74 Å². The summed E-state index contributed by atoms with van der Waals surface area (Å²) >= 11 is 2.34. The standard InChI is InChI=1S/C14H21IO3/c1-11(2)17-7-8-18-14(10-15)12-5-4-6-13(9-12)16-3/h4-6,9,11,14H,7-8,10H2,1-3H3. The van der Waals surface area contributed by atoms with E-state index in [4.69, 9.17) is 14.2 Å². The van der Waals surface area contributed by atoms with Gasteiger partial charge in [-0.05, 0) is 31.5 Å². The van der Waals surface area contributed by atoms with Gasteiger partial charge in [-0.25, -0.2) is 0 Å². The van der Waals surface area contributed by atoms with E-state index in [2.05, 4.69) is 28.7 Å². The van der Waals surface area contributed by atoms with E-state index in [0.29, 0.717) is 13.2 Å². The van der Waals surface area contributed by atoms with Crippen LogP contribution in [-0.4, -0.2) is 30.9 Å². The van der Waals surface area contributed by atoms with Crippen molar-refractivity contribution in [2.24, 2.45) is 0 Å². The van der Waals surface area contributed by atoms with Crippen LogP contribution in [0.3, 0.4) is 0 Å². The summed E-state index contributed by atoms with van der Waals surface area (Å²) in [6, 6.07) is 8.01. The number of hydrogen-bond donors (Lipinski definition) is 0. The van der Waals surface area contributed by atoms with Crippen molar-refractivity contribution >= 4 is 22.6 Å². The fraction of sp³-hybridized carbons (Fsp3) is 0.571. The van der Waals surface area contributed by atoms with Gasteiger partial charge in [0.05, 0.1) is 32.5 Å². The van der Waals surface area contributed by atoms with Crippen LogP contribution in [0.4, 0.5) is 0 Å². The Morgan fingerprint density at radius 2 is 1.89 bits per heavy atom. The second kappa shape index (κ2) is 8.72. The van der Waals surface area contributed by atoms with E-state index >= 15 is 0 Å². The molecule has 0 heterocycles. The third-order valence-electron chi connectivity index (χ3n) is 2.46. The molecule has 1 unspecified atom stereocenters. The number of benzene rings is 1. The lowest BCUT2D eigenvalue weighted by atomic mass is 10.1. The Bertz CT molecular complexity index is 342. The van der Waals surface area contributed by atoms with Crippen molar-refractivity contribution in [2.45, 2.75) is 26.1 Å². The van der Waals surface area contributed by atoms with Crippen molar-refractivity contribution in [3.05, 3.63) is 29.8 Å². The maximum Gasteiger partial charge on any atom is 0.119 e. The topological polar surface area (TPSA) is 27.7 Å². The molecule has 0 spiro atoms. The molecule has 0 aliphatic heterocycles. The molecule has 0 fully saturated rings. The Labute approximate surface area is 123 Å². The maximum absolute atomic E-state index is 5.84. The number of halogens is 1. The number of hydrogen-bond acceptors (Lipinski definition) is 3. The molecule has 0 aliphatic carbocycles. The van der Waals surface area contributed by atoms with Crippen LogP contribution in [0, 0.1) is 0 Å². The molecule has 0 bridgehead atoms. The van der Waals surface area contributed by atoms with Crippen LogP contribution in [0.5, 0.6) is 5.75 Å². The van der Waals surface area contributed by atoms with E-state index in [0.717, 1.165) is 15.7 Å². The third kappa shape index (κ3) is 5.54. The molecule has 1 atom stereocenters. The molecule has 0 saturated carbocycles. The fourth-order valence-corrected chi connectivity index (χ4v) is 2.31. The predicted molar refractivity (Wildman–Crippen MR) is 81.7 cm³/mol. The minimum Gasteiger partial charge on any atom is -0.497 e. The van der Waals surface area contributed by atoms with Gasteiger partial charge in [-0.15, -0.1) is 0 Å². The Morgan fingerprint density at radius 3 is 2.50 bits per heavy atom. The summed E-state index contributed by atoms with van der Waals surface area (Å²) in [5.74, 6) is 0.865. The van der Waals surface area contributed by atoms with Gasteiger partial charge < -0.3 is 14.2 Å². The fourth-order valence-electron chi connectivity index (χ4n) is 1.55. The summed E-state index contributed by atoms with van der Waals surface area (Å²) in [5, 5.41) is 0. The number of alkyl halides is 1. The summed E-state index contributed by atoms with van der Waals surface area (Å²) in [6.45, 7) is 5.30. The van der Waals surface area contributed by atoms with Gasteiger partial charge in [-0.2, -0.15) is 0 Å². The van der Waals surface area contributed by atoms with Crippen molar-refractivity contribution in [1.29, 1.82) is 0 Å². The van der Waals surface area contributed by atoms with Gasteiger partial charge in [0, 0.05) is 4.43 Å². The largest absolute Gasteiger partial charge is 0.497 e. The molecule has 3 nitrogen and oxygen atoms in total. The summed E-state index contributed by atoms with van der Waals surface area (Å²) < 4.78 is 17.4. The summed E-state index contributed by atoms with van der Waals surface area (Å²) in [6.07, 6.45) is 0.347. The summed E-state index contributed by atoms with van der Waals surface area (Å²) in [5.41, 5.74) is 1.15. The molecule has 0 radical (unpaired) electrons. The average molecular weight is 364 g/mol. The molecule has 102 valence electrons. The molecule has 0 amide bonds.